The van der Waals surface area contributed by atoms with Crippen molar-refractivity contribution in [3.05, 3.63) is 64.6 Å². The van der Waals surface area contributed by atoms with Crippen LogP contribution in [0.4, 0.5) is 0 Å². The highest BCUT2D eigenvalue weighted by molar-refractivity contribution is 5.95. The summed E-state index contributed by atoms with van der Waals surface area (Å²) in [7, 11) is 0. The summed E-state index contributed by atoms with van der Waals surface area (Å²) in [6.07, 6.45) is 1.83. The van der Waals surface area contributed by atoms with E-state index >= 15 is 0 Å². The van der Waals surface area contributed by atoms with Crippen molar-refractivity contribution < 1.29 is 0 Å². The Labute approximate surface area is 92.8 Å². The second-order valence-electron chi connectivity index (χ2n) is 4.03. The molecule has 0 unspecified atom stereocenters. The van der Waals surface area contributed by atoms with Gasteiger partial charge in [-0.1, -0.05) is 24.3 Å². The molecule has 0 aliphatic carbocycles. The third-order valence-electron chi connectivity index (χ3n) is 2.85. The van der Waals surface area contributed by atoms with E-state index in [1.807, 2.05) is 43.5 Å². The molecule has 0 aliphatic heterocycles. The number of aryl methyl sites for hydroxylation is 1. The predicted octanol–water partition coefficient (Wildman–Crippen LogP) is 2.76. The van der Waals surface area contributed by atoms with E-state index in [0.717, 1.165) is 21.9 Å². The largest absolute Gasteiger partial charge is 0.284 e. The Morgan fingerprint density at radius 3 is 2.75 bits per heavy atom. The second kappa shape index (κ2) is 3.20. The van der Waals surface area contributed by atoms with E-state index in [1.165, 1.54) is 0 Å². The monoisotopic (exact) mass is 209 g/mol. The van der Waals surface area contributed by atoms with Crippen LogP contribution in [0.3, 0.4) is 0 Å². The molecule has 0 radical (unpaired) electrons. The normalized spacial score (nSPS) is 11.1. The van der Waals surface area contributed by atoms with Crippen molar-refractivity contribution in [1.82, 2.24) is 4.40 Å². The summed E-state index contributed by atoms with van der Waals surface area (Å²) in [5.74, 6) is 0. The van der Waals surface area contributed by atoms with Crippen LogP contribution in [0, 0.1) is 6.92 Å². The van der Waals surface area contributed by atoms with Crippen LogP contribution < -0.4 is 5.56 Å². The van der Waals surface area contributed by atoms with Crippen LogP contribution in [0.15, 0.2) is 53.5 Å². The van der Waals surface area contributed by atoms with Gasteiger partial charge in [-0.3, -0.25) is 9.20 Å². The summed E-state index contributed by atoms with van der Waals surface area (Å²) < 4.78 is 1.69. The molecule has 2 heteroatoms. The van der Waals surface area contributed by atoms with E-state index in [9.17, 15) is 4.79 Å². The summed E-state index contributed by atoms with van der Waals surface area (Å²) in [5, 5.41) is 2.28. The van der Waals surface area contributed by atoms with Crippen molar-refractivity contribution in [2.45, 2.75) is 6.92 Å². The van der Waals surface area contributed by atoms with Gasteiger partial charge in [0.2, 0.25) is 0 Å². The minimum atomic E-state index is 0.0285. The zero-order chi connectivity index (χ0) is 11.1. The first-order valence-electron chi connectivity index (χ1n) is 5.26. The summed E-state index contributed by atoms with van der Waals surface area (Å²) >= 11 is 0. The molecule has 16 heavy (non-hydrogen) atoms. The number of hydrogen-bond donors (Lipinski definition) is 0. The molecule has 0 spiro atoms. The molecule has 0 saturated carbocycles. The van der Waals surface area contributed by atoms with Gasteiger partial charge >= 0.3 is 0 Å². The van der Waals surface area contributed by atoms with E-state index in [1.54, 1.807) is 10.5 Å². The molecular formula is C14H11NO. The van der Waals surface area contributed by atoms with Gasteiger partial charge in [0.1, 0.15) is 0 Å². The van der Waals surface area contributed by atoms with Crippen LogP contribution in [-0.4, -0.2) is 4.40 Å². The zero-order valence-corrected chi connectivity index (χ0v) is 8.97. The number of nitrogens with zero attached hydrogens (tertiary/aromatic N) is 1. The number of pyridine rings is 2. The molecule has 0 fully saturated rings. The minimum absolute atomic E-state index is 0.0285. The van der Waals surface area contributed by atoms with Gasteiger partial charge in [-0.2, -0.15) is 0 Å². The predicted molar refractivity (Wildman–Crippen MR) is 65.9 cm³/mol. The van der Waals surface area contributed by atoms with Gasteiger partial charge in [-0.15, -0.1) is 0 Å². The first kappa shape index (κ1) is 9.16. The van der Waals surface area contributed by atoms with Crippen LogP contribution in [0.25, 0.3) is 16.3 Å². The van der Waals surface area contributed by atoms with Gasteiger partial charge in [0.25, 0.3) is 5.56 Å². The number of rotatable bonds is 0. The molecule has 2 aromatic heterocycles. The lowest BCUT2D eigenvalue weighted by atomic mass is 10.1. The van der Waals surface area contributed by atoms with Crippen LogP contribution >= 0.6 is 0 Å². The van der Waals surface area contributed by atoms with Crippen LogP contribution in [0.5, 0.6) is 0 Å². The molecule has 3 aromatic rings. The number of benzene rings is 1. The highest BCUT2D eigenvalue weighted by Gasteiger charge is 2.01. The molecule has 0 amide bonds. The van der Waals surface area contributed by atoms with Crippen molar-refractivity contribution in [2.24, 2.45) is 0 Å². The fourth-order valence-electron chi connectivity index (χ4n) is 2.10. The lowest BCUT2D eigenvalue weighted by Gasteiger charge is -2.05. The molecule has 0 N–H and O–H groups in total. The highest BCUT2D eigenvalue weighted by atomic mass is 16.1. The lowest BCUT2D eigenvalue weighted by molar-refractivity contribution is 1.10. The van der Waals surface area contributed by atoms with E-state index in [-0.39, 0.29) is 5.56 Å². The summed E-state index contributed by atoms with van der Waals surface area (Å²) in [5.41, 5.74) is 2.00. The number of aromatic nitrogens is 1. The fraction of sp³-hybridized carbons (Fsp3) is 0.0714. The molecule has 0 atom stereocenters. The van der Waals surface area contributed by atoms with E-state index in [0.29, 0.717) is 0 Å². The lowest BCUT2D eigenvalue weighted by Crippen LogP contribution is -2.12. The summed E-state index contributed by atoms with van der Waals surface area (Å²) in [4.78, 5) is 11.8. The molecule has 0 saturated heterocycles. The molecule has 0 aliphatic rings. The van der Waals surface area contributed by atoms with Crippen LogP contribution in [0.2, 0.25) is 0 Å². The van der Waals surface area contributed by atoms with E-state index < -0.39 is 0 Å². The highest BCUT2D eigenvalue weighted by Crippen LogP contribution is 2.18. The first-order valence-corrected chi connectivity index (χ1v) is 5.26. The maximum atomic E-state index is 11.8. The van der Waals surface area contributed by atoms with Gasteiger partial charge in [-0.05, 0) is 30.0 Å². The molecule has 0 bridgehead atoms. The minimum Gasteiger partial charge on any atom is -0.284 e. The Morgan fingerprint density at radius 2 is 1.88 bits per heavy atom. The number of fused-ring (bicyclic) bond motifs is 3. The standard InChI is InChI=1S/C14H11NO/c1-10-8-13-12-5-3-2-4-11(12)6-7-15(13)14(16)9-10/h2-9H,1H3. The smallest absolute Gasteiger partial charge is 0.255 e. The molecule has 78 valence electrons. The van der Waals surface area contributed by atoms with Crippen molar-refractivity contribution in [3.63, 3.8) is 0 Å². The van der Waals surface area contributed by atoms with Crippen molar-refractivity contribution in [3.8, 4) is 0 Å². The average Bonchev–Trinajstić information content (AvgIpc) is 2.28. The van der Waals surface area contributed by atoms with Crippen molar-refractivity contribution >= 4 is 16.3 Å². The van der Waals surface area contributed by atoms with Gasteiger partial charge < -0.3 is 0 Å². The van der Waals surface area contributed by atoms with Gasteiger partial charge in [0.05, 0.1) is 5.52 Å². The zero-order valence-electron chi connectivity index (χ0n) is 8.97. The Hall–Kier alpha value is -2.09. The summed E-state index contributed by atoms with van der Waals surface area (Å²) in [6, 6.07) is 13.8. The molecule has 1 aromatic carbocycles. The molecular weight excluding hydrogens is 198 g/mol. The first-order chi connectivity index (χ1) is 7.75. The topological polar surface area (TPSA) is 21.5 Å². The SMILES string of the molecule is Cc1cc(=O)n2ccc3ccccc3c2c1. The van der Waals surface area contributed by atoms with Gasteiger partial charge in [-0.25, -0.2) is 0 Å². The number of hydrogen-bond acceptors (Lipinski definition) is 1. The Morgan fingerprint density at radius 1 is 1.06 bits per heavy atom. The average molecular weight is 209 g/mol. The summed E-state index contributed by atoms with van der Waals surface area (Å²) in [6.45, 7) is 1.95. The second-order valence-corrected chi connectivity index (χ2v) is 4.03. The van der Waals surface area contributed by atoms with Crippen LogP contribution in [0.1, 0.15) is 5.56 Å². The molecule has 2 nitrogen and oxygen atoms in total. The maximum Gasteiger partial charge on any atom is 0.255 e. The Balaban J connectivity index is 2.65. The van der Waals surface area contributed by atoms with E-state index in [2.05, 4.69) is 6.07 Å². The third-order valence-corrected chi connectivity index (χ3v) is 2.85. The Kier molecular flexibility index (Phi) is 1.83. The van der Waals surface area contributed by atoms with Gasteiger partial charge in [0.15, 0.2) is 0 Å². The Bertz CT molecular complexity index is 740. The maximum absolute atomic E-state index is 11.8. The van der Waals surface area contributed by atoms with Crippen molar-refractivity contribution in [1.29, 1.82) is 0 Å². The molecule has 2 heterocycles. The van der Waals surface area contributed by atoms with Gasteiger partial charge in [0, 0.05) is 17.6 Å². The van der Waals surface area contributed by atoms with Crippen molar-refractivity contribution in [2.75, 3.05) is 0 Å². The van der Waals surface area contributed by atoms with Crippen LogP contribution in [-0.2, 0) is 0 Å². The fourth-order valence-corrected chi connectivity index (χ4v) is 2.10. The quantitative estimate of drug-likeness (QED) is 0.522. The van der Waals surface area contributed by atoms with E-state index in [4.69, 9.17) is 0 Å². The third kappa shape index (κ3) is 1.23. The molecule has 3 rings (SSSR count).